The fourth-order valence-electron chi connectivity index (χ4n) is 2.89. The molecule has 0 bridgehead atoms. The third-order valence-electron chi connectivity index (χ3n) is 4.11. The quantitative estimate of drug-likeness (QED) is 0.781. The summed E-state index contributed by atoms with van der Waals surface area (Å²) in [7, 11) is 0. The molecule has 1 saturated heterocycles. The van der Waals surface area contributed by atoms with E-state index >= 15 is 0 Å². The lowest BCUT2D eigenvalue weighted by Gasteiger charge is -2.34. The highest BCUT2D eigenvalue weighted by Crippen LogP contribution is 2.20. The first kappa shape index (κ1) is 16.4. The molecular formula is C15H23N7O2. The number of carbonyl (C=O) groups excluding carboxylic acids is 1. The number of hydrogen-bond acceptors (Lipinski definition) is 6. The summed E-state index contributed by atoms with van der Waals surface area (Å²) >= 11 is 0. The van der Waals surface area contributed by atoms with Gasteiger partial charge in [0.05, 0.1) is 18.3 Å². The van der Waals surface area contributed by atoms with E-state index in [9.17, 15) is 9.59 Å². The van der Waals surface area contributed by atoms with E-state index < -0.39 is 0 Å². The van der Waals surface area contributed by atoms with Crippen LogP contribution < -0.4 is 16.2 Å². The van der Waals surface area contributed by atoms with E-state index in [-0.39, 0.29) is 23.6 Å². The van der Waals surface area contributed by atoms with E-state index in [1.165, 1.54) is 0 Å². The lowest BCUT2D eigenvalue weighted by molar-refractivity contribution is -0.119. The molecule has 1 aliphatic rings. The highest BCUT2D eigenvalue weighted by molar-refractivity contribution is 5.76. The van der Waals surface area contributed by atoms with Crippen LogP contribution in [0.15, 0.2) is 11.0 Å². The summed E-state index contributed by atoms with van der Waals surface area (Å²) in [4.78, 5) is 34.8. The minimum atomic E-state index is -0.328. The van der Waals surface area contributed by atoms with Gasteiger partial charge in [0.15, 0.2) is 5.65 Å². The van der Waals surface area contributed by atoms with Gasteiger partial charge in [-0.05, 0) is 20.8 Å². The van der Waals surface area contributed by atoms with Crippen molar-refractivity contribution in [1.82, 2.24) is 24.6 Å². The van der Waals surface area contributed by atoms with Gasteiger partial charge in [-0.2, -0.15) is 10.1 Å². The van der Waals surface area contributed by atoms with E-state index in [4.69, 9.17) is 5.73 Å². The number of nitrogens with zero attached hydrogens (tertiary/aromatic N) is 5. The maximum Gasteiger partial charge on any atom is 0.263 e. The van der Waals surface area contributed by atoms with Crippen molar-refractivity contribution in [3.63, 3.8) is 0 Å². The van der Waals surface area contributed by atoms with Gasteiger partial charge in [0.2, 0.25) is 11.9 Å². The van der Waals surface area contributed by atoms with Crippen LogP contribution in [0.2, 0.25) is 0 Å². The van der Waals surface area contributed by atoms with Crippen LogP contribution in [0.1, 0.15) is 20.8 Å². The van der Waals surface area contributed by atoms with Gasteiger partial charge in [0.25, 0.3) is 5.56 Å². The molecule has 1 aliphatic heterocycles. The molecule has 0 atom stereocenters. The number of aromatic nitrogens is 4. The van der Waals surface area contributed by atoms with Gasteiger partial charge in [0.1, 0.15) is 5.39 Å². The number of fused-ring (bicyclic) bond motifs is 1. The van der Waals surface area contributed by atoms with Gasteiger partial charge in [-0.3, -0.25) is 19.5 Å². The molecule has 2 aromatic rings. The first-order valence-corrected chi connectivity index (χ1v) is 8.00. The second kappa shape index (κ2) is 5.90. The number of nitrogens with two attached hydrogens (primary N) is 1. The van der Waals surface area contributed by atoms with Crippen LogP contribution in [-0.4, -0.2) is 63.3 Å². The number of primary amides is 1. The average molecular weight is 333 g/mol. The molecule has 0 spiro atoms. The molecule has 1 amide bonds. The fourth-order valence-corrected chi connectivity index (χ4v) is 2.89. The Balaban J connectivity index is 1.88. The van der Waals surface area contributed by atoms with Crippen molar-refractivity contribution in [1.29, 1.82) is 0 Å². The number of rotatable bonds is 3. The highest BCUT2D eigenvalue weighted by Gasteiger charge is 2.23. The molecule has 24 heavy (non-hydrogen) atoms. The first-order chi connectivity index (χ1) is 11.3. The molecule has 3 rings (SSSR count). The molecule has 9 heteroatoms. The van der Waals surface area contributed by atoms with Crippen molar-refractivity contribution in [3.05, 3.63) is 16.6 Å². The molecule has 3 N–H and O–H groups in total. The van der Waals surface area contributed by atoms with Gasteiger partial charge in [-0.25, -0.2) is 4.68 Å². The van der Waals surface area contributed by atoms with Crippen LogP contribution >= 0.6 is 0 Å². The Hall–Kier alpha value is -2.42. The van der Waals surface area contributed by atoms with E-state index in [1.54, 1.807) is 10.9 Å². The zero-order valence-corrected chi connectivity index (χ0v) is 14.2. The van der Waals surface area contributed by atoms with Gasteiger partial charge >= 0.3 is 0 Å². The Bertz CT molecular complexity index is 809. The normalized spacial score (nSPS) is 16.7. The molecule has 2 aromatic heterocycles. The van der Waals surface area contributed by atoms with Crippen LogP contribution in [0.25, 0.3) is 11.0 Å². The lowest BCUT2D eigenvalue weighted by Crippen LogP contribution is -2.49. The maximum atomic E-state index is 12.3. The minimum Gasteiger partial charge on any atom is -0.369 e. The van der Waals surface area contributed by atoms with Crippen molar-refractivity contribution in [3.8, 4) is 0 Å². The average Bonchev–Trinajstić information content (AvgIpc) is 2.92. The summed E-state index contributed by atoms with van der Waals surface area (Å²) in [6.45, 7) is 9.05. The molecule has 9 nitrogen and oxygen atoms in total. The van der Waals surface area contributed by atoms with E-state index in [2.05, 4.69) is 15.1 Å². The first-order valence-electron chi connectivity index (χ1n) is 8.00. The van der Waals surface area contributed by atoms with Crippen molar-refractivity contribution in [2.45, 2.75) is 26.3 Å². The maximum absolute atomic E-state index is 12.3. The molecule has 0 aliphatic carbocycles. The molecule has 3 heterocycles. The Morgan fingerprint density at radius 1 is 1.29 bits per heavy atom. The molecule has 0 unspecified atom stereocenters. The SMILES string of the molecule is CC(C)(C)n1ncc2c(=O)[nH]c(N3CCN(CC(N)=O)CC3)nc21. The number of piperazine rings is 1. The summed E-state index contributed by atoms with van der Waals surface area (Å²) in [5, 5.41) is 4.80. The van der Waals surface area contributed by atoms with Gasteiger partial charge in [-0.15, -0.1) is 0 Å². The predicted octanol–water partition coefficient (Wildman–Crippen LogP) is -0.518. The number of hydrogen-bond donors (Lipinski definition) is 2. The second-order valence-electron chi connectivity index (χ2n) is 7.08. The Labute approximate surface area is 139 Å². The molecular weight excluding hydrogens is 310 g/mol. The summed E-state index contributed by atoms with van der Waals surface area (Å²) in [6, 6.07) is 0. The number of aromatic amines is 1. The Morgan fingerprint density at radius 2 is 1.96 bits per heavy atom. The third-order valence-corrected chi connectivity index (χ3v) is 4.11. The Kier molecular flexibility index (Phi) is 4.04. The van der Waals surface area contributed by atoms with Crippen molar-refractivity contribution in [2.75, 3.05) is 37.6 Å². The number of amides is 1. The van der Waals surface area contributed by atoms with Crippen LogP contribution in [0.4, 0.5) is 5.95 Å². The number of nitrogens with one attached hydrogen (secondary N) is 1. The number of H-pyrrole nitrogens is 1. The third kappa shape index (κ3) is 3.12. The summed E-state index contributed by atoms with van der Waals surface area (Å²) in [5.74, 6) is 0.211. The number of anilines is 1. The van der Waals surface area contributed by atoms with E-state index in [0.29, 0.717) is 43.2 Å². The van der Waals surface area contributed by atoms with Crippen LogP contribution in [0.3, 0.4) is 0 Å². The molecule has 0 saturated carbocycles. The van der Waals surface area contributed by atoms with Crippen LogP contribution in [0, 0.1) is 0 Å². The summed E-state index contributed by atoms with van der Waals surface area (Å²) in [5.41, 5.74) is 5.36. The standard InChI is InChI=1S/C15H23N7O2/c1-15(2,3)22-12-10(8-17-22)13(24)19-14(18-12)21-6-4-20(5-7-21)9-11(16)23/h8H,4-7,9H2,1-3H3,(H2,16,23)(H,18,19,24). The second-order valence-corrected chi connectivity index (χ2v) is 7.08. The lowest BCUT2D eigenvalue weighted by atomic mass is 10.1. The van der Waals surface area contributed by atoms with E-state index in [0.717, 1.165) is 0 Å². The zero-order valence-electron chi connectivity index (χ0n) is 14.2. The highest BCUT2D eigenvalue weighted by atomic mass is 16.1. The summed E-state index contributed by atoms with van der Waals surface area (Å²) < 4.78 is 1.77. The van der Waals surface area contributed by atoms with Gasteiger partial charge in [0, 0.05) is 26.2 Å². The predicted molar refractivity (Wildman–Crippen MR) is 91.0 cm³/mol. The molecule has 0 radical (unpaired) electrons. The summed E-state index contributed by atoms with van der Waals surface area (Å²) in [6.07, 6.45) is 1.56. The molecule has 130 valence electrons. The van der Waals surface area contributed by atoms with Crippen molar-refractivity contribution >= 4 is 22.9 Å². The molecule has 0 aromatic carbocycles. The van der Waals surface area contributed by atoms with Crippen LogP contribution in [-0.2, 0) is 10.3 Å². The Morgan fingerprint density at radius 3 is 2.54 bits per heavy atom. The van der Waals surface area contributed by atoms with Gasteiger partial charge < -0.3 is 10.6 Å². The smallest absolute Gasteiger partial charge is 0.263 e. The molecule has 1 fully saturated rings. The van der Waals surface area contributed by atoms with Crippen molar-refractivity contribution < 1.29 is 4.79 Å². The largest absolute Gasteiger partial charge is 0.369 e. The van der Waals surface area contributed by atoms with Gasteiger partial charge in [-0.1, -0.05) is 0 Å². The minimum absolute atomic E-state index is 0.190. The zero-order chi connectivity index (χ0) is 17.5. The topological polar surface area (TPSA) is 113 Å². The monoisotopic (exact) mass is 333 g/mol. The fraction of sp³-hybridized carbons (Fsp3) is 0.600. The van der Waals surface area contributed by atoms with Crippen molar-refractivity contribution in [2.24, 2.45) is 5.73 Å². The van der Waals surface area contributed by atoms with E-state index in [1.807, 2.05) is 30.6 Å². The van der Waals surface area contributed by atoms with Crippen LogP contribution in [0.5, 0.6) is 0 Å². The number of carbonyl (C=O) groups is 1.